The summed E-state index contributed by atoms with van der Waals surface area (Å²) in [7, 11) is 0. The topological polar surface area (TPSA) is 18.5 Å². The molecule has 0 N–H and O–H groups in total. The first-order valence-corrected chi connectivity index (χ1v) is 4.00. The monoisotopic (exact) mass is 142 g/mol. The van der Waals surface area contributed by atoms with Crippen LogP contribution in [0.2, 0.25) is 0 Å². The van der Waals surface area contributed by atoms with Crippen LogP contribution in [0.5, 0.6) is 0 Å². The van der Waals surface area contributed by atoms with E-state index in [1.54, 1.807) is 0 Å². The number of hydrogen-bond donors (Lipinski definition) is 0. The number of rotatable bonds is 0. The first-order chi connectivity index (χ1) is 4.68. The number of ether oxygens (including phenoxy) is 2. The Bertz CT molecular complexity index is 146. The molecule has 2 fully saturated rings. The van der Waals surface area contributed by atoms with Crippen molar-refractivity contribution in [3.05, 3.63) is 0 Å². The smallest absolute Gasteiger partial charge is 0.166 e. The third-order valence-electron chi connectivity index (χ3n) is 2.38. The van der Waals surface area contributed by atoms with Crippen LogP contribution in [0.25, 0.3) is 0 Å². The molecule has 0 spiro atoms. The van der Waals surface area contributed by atoms with E-state index in [0.29, 0.717) is 6.10 Å². The minimum absolute atomic E-state index is 0.234. The lowest BCUT2D eigenvalue weighted by Gasteiger charge is -2.31. The third-order valence-corrected chi connectivity index (χ3v) is 2.38. The van der Waals surface area contributed by atoms with Crippen molar-refractivity contribution < 1.29 is 9.47 Å². The molecule has 2 aliphatic rings. The van der Waals surface area contributed by atoms with Crippen molar-refractivity contribution in [2.24, 2.45) is 5.92 Å². The van der Waals surface area contributed by atoms with Crippen LogP contribution in [-0.2, 0) is 9.47 Å². The molecule has 0 aromatic carbocycles. The summed E-state index contributed by atoms with van der Waals surface area (Å²) >= 11 is 0. The van der Waals surface area contributed by atoms with Gasteiger partial charge in [-0.05, 0) is 19.3 Å². The Hall–Kier alpha value is -0.0800. The van der Waals surface area contributed by atoms with E-state index < -0.39 is 0 Å². The molecule has 0 aromatic heterocycles. The fourth-order valence-electron chi connectivity index (χ4n) is 2.08. The van der Waals surface area contributed by atoms with E-state index in [9.17, 15) is 0 Å². The van der Waals surface area contributed by atoms with E-state index >= 15 is 0 Å². The Balaban J connectivity index is 2.13. The summed E-state index contributed by atoms with van der Waals surface area (Å²) in [6.45, 7) is 5.12. The summed E-state index contributed by atoms with van der Waals surface area (Å²) in [6.07, 6.45) is 2.62. The fourth-order valence-corrected chi connectivity index (χ4v) is 2.08. The normalized spacial score (nSPS) is 53.4. The standard InChI is InChI=1S/C8H14O2/c1-6-3-7-5-9-8(2,4-6)10-7/h6-7H,3-5H2,1-2H3/t6-,7+,8-/m1/s1. The first kappa shape index (κ1) is 6.62. The Morgan fingerprint density at radius 3 is 3.00 bits per heavy atom. The van der Waals surface area contributed by atoms with E-state index in [2.05, 4.69) is 6.92 Å². The lowest BCUT2D eigenvalue weighted by molar-refractivity contribution is -0.184. The van der Waals surface area contributed by atoms with Gasteiger partial charge in [-0.3, -0.25) is 0 Å². The van der Waals surface area contributed by atoms with Gasteiger partial charge in [0.2, 0.25) is 0 Å². The van der Waals surface area contributed by atoms with Gasteiger partial charge in [0.1, 0.15) is 0 Å². The maximum Gasteiger partial charge on any atom is 0.166 e. The summed E-state index contributed by atoms with van der Waals surface area (Å²) in [5.41, 5.74) is 0. The molecule has 0 radical (unpaired) electrons. The molecule has 0 unspecified atom stereocenters. The van der Waals surface area contributed by atoms with Crippen molar-refractivity contribution in [1.29, 1.82) is 0 Å². The van der Waals surface area contributed by atoms with Gasteiger partial charge in [0.25, 0.3) is 0 Å². The predicted octanol–water partition coefficient (Wildman–Crippen LogP) is 1.55. The number of fused-ring (bicyclic) bond motifs is 2. The van der Waals surface area contributed by atoms with Crippen molar-refractivity contribution in [3.8, 4) is 0 Å². The summed E-state index contributed by atoms with van der Waals surface area (Å²) in [6, 6.07) is 0. The van der Waals surface area contributed by atoms with E-state index in [4.69, 9.17) is 9.47 Å². The van der Waals surface area contributed by atoms with Gasteiger partial charge in [0.15, 0.2) is 5.79 Å². The van der Waals surface area contributed by atoms with Crippen LogP contribution >= 0.6 is 0 Å². The SMILES string of the molecule is C[C@@H]1C[C@H]2CO[C@@](C)(C1)O2. The second-order valence-electron chi connectivity index (χ2n) is 3.73. The lowest BCUT2D eigenvalue weighted by Crippen LogP contribution is -2.34. The molecule has 0 aromatic rings. The summed E-state index contributed by atoms with van der Waals surface area (Å²) in [4.78, 5) is 0. The van der Waals surface area contributed by atoms with Gasteiger partial charge >= 0.3 is 0 Å². The Labute approximate surface area is 61.5 Å². The van der Waals surface area contributed by atoms with Crippen molar-refractivity contribution >= 4 is 0 Å². The van der Waals surface area contributed by atoms with Gasteiger partial charge in [-0.2, -0.15) is 0 Å². The first-order valence-electron chi connectivity index (χ1n) is 4.00. The molecule has 0 amide bonds. The molecule has 2 heteroatoms. The van der Waals surface area contributed by atoms with Crippen molar-refractivity contribution in [3.63, 3.8) is 0 Å². The van der Waals surface area contributed by atoms with Crippen LogP contribution in [0.3, 0.4) is 0 Å². The zero-order chi connectivity index (χ0) is 7.19. The zero-order valence-corrected chi connectivity index (χ0v) is 6.59. The maximum atomic E-state index is 5.63. The molecule has 3 atom stereocenters. The minimum Gasteiger partial charge on any atom is -0.348 e. The van der Waals surface area contributed by atoms with E-state index in [1.807, 2.05) is 6.92 Å². The average Bonchev–Trinajstić information content (AvgIpc) is 2.06. The molecule has 2 heterocycles. The van der Waals surface area contributed by atoms with E-state index in [-0.39, 0.29) is 5.79 Å². The molecule has 2 saturated heterocycles. The quantitative estimate of drug-likeness (QED) is 0.511. The highest BCUT2D eigenvalue weighted by Crippen LogP contribution is 2.38. The molecular weight excluding hydrogens is 128 g/mol. The van der Waals surface area contributed by atoms with Crippen LogP contribution in [0.15, 0.2) is 0 Å². The Kier molecular flexibility index (Phi) is 1.29. The summed E-state index contributed by atoms with van der Waals surface area (Å²) in [5.74, 6) is 0.536. The number of hydrogen-bond acceptors (Lipinski definition) is 2. The van der Waals surface area contributed by atoms with Gasteiger partial charge in [0, 0.05) is 6.42 Å². The maximum absolute atomic E-state index is 5.63. The molecule has 2 aliphatic heterocycles. The molecular formula is C8H14O2. The molecule has 0 saturated carbocycles. The summed E-state index contributed by atoms with van der Waals surface area (Å²) in [5, 5.41) is 0. The molecule has 58 valence electrons. The molecule has 2 nitrogen and oxygen atoms in total. The third kappa shape index (κ3) is 0.956. The highest BCUT2D eigenvalue weighted by molar-refractivity contribution is 4.83. The van der Waals surface area contributed by atoms with E-state index in [1.165, 1.54) is 6.42 Å². The van der Waals surface area contributed by atoms with Gasteiger partial charge in [-0.1, -0.05) is 6.92 Å². The minimum atomic E-state index is -0.234. The van der Waals surface area contributed by atoms with Crippen LogP contribution in [0, 0.1) is 5.92 Å². The van der Waals surface area contributed by atoms with Gasteiger partial charge < -0.3 is 9.47 Å². The fraction of sp³-hybridized carbons (Fsp3) is 1.00. The predicted molar refractivity (Wildman–Crippen MR) is 37.6 cm³/mol. The zero-order valence-electron chi connectivity index (χ0n) is 6.59. The Morgan fingerprint density at radius 1 is 1.50 bits per heavy atom. The largest absolute Gasteiger partial charge is 0.348 e. The van der Waals surface area contributed by atoms with E-state index in [0.717, 1.165) is 18.9 Å². The van der Waals surface area contributed by atoms with Gasteiger partial charge in [-0.15, -0.1) is 0 Å². The average molecular weight is 142 g/mol. The highest BCUT2D eigenvalue weighted by Gasteiger charge is 2.43. The molecule has 2 rings (SSSR count). The molecule has 10 heavy (non-hydrogen) atoms. The molecule has 0 aliphatic carbocycles. The summed E-state index contributed by atoms with van der Waals surface area (Å²) < 4.78 is 11.1. The van der Waals surface area contributed by atoms with Crippen molar-refractivity contribution in [1.82, 2.24) is 0 Å². The van der Waals surface area contributed by atoms with Gasteiger partial charge in [-0.25, -0.2) is 0 Å². The van der Waals surface area contributed by atoms with Crippen LogP contribution in [-0.4, -0.2) is 18.5 Å². The molecule has 2 bridgehead atoms. The van der Waals surface area contributed by atoms with Crippen molar-refractivity contribution in [2.75, 3.05) is 6.61 Å². The van der Waals surface area contributed by atoms with Crippen LogP contribution < -0.4 is 0 Å². The van der Waals surface area contributed by atoms with Gasteiger partial charge in [0.05, 0.1) is 12.7 Å². The second-order valence-corrected chi connectivity index (χ2v) is 3.73. The second kappa shape index (κ2) is 1.95. The highest BCUT2D eigenvalue weighted by atomic mass is 16.7. The Morgan fingerprint density at radius 2 is 2.30 bits per heavy atom. The van der Waals surface area contributed by atoms with Crippen LogP contribution in [0.4, 0.5) is 0 Å². The van der Waals surface area contributed by atoms with Crippen LogP contribution in [0.1, 0.15) is 26.7 Å². The van der Waals surface area contributed by atoms with Crippen molar-refractivity contribution in [2.45, 2.75) is 38.6 Å². The lowest BCUT2D eigenvalue weighted by atomic mass is 9.94.